The van der Waals surface area contributed by atoms with Crippen LogP contribution in [0.15, 0.2) is 109 Å². The SMILES string of the molecule is CC(C)(C)c1cc(-c2cc(-c3ccccc3)nc(-c3cccc(Oc4cc5ccccc5cn4)c3)n2)c(O)c(C(C)(C)C)c1. The Balaban J connectivity index is 1.49. The summed E-state index contributed by atoms with van der Waals surface area (Å²) < 4.78 is 6.20. The van der Waals surface area contributed by atoms with Crippen molar-refractivity contribution in [1.29, 1.82) is 0 Å². The van der Waals surface area contributed by atoms with Crippen molar-refractivity contribution in [2.45, 2.75) is 52.4 Å². The van der Waals surface area contributed by atoms with E-state index >= 15 is 0 Å². The molecule has 2 heterocycles. The summed E-state index contributed by atoms with van der Waals surface area (Å²) in [5, 5.41) is 13.8. The van der Waals surface area contributed by atoms with Crippen molar-refractivity contribution in [2.24, 2.45) is 0 Å². The van der Waals surface area contributed by atoms with Crippen LogP contribution in [0.5, 0.6) is 17.4 Å². The van der Waals surface area contributed by atoms with E-state index in [1.54, 1.807) is 0 Å². The van der Waals surface area contributed by atoms with Crippen LogP contribution in [0, 0.1) is 0 Å². The lowest BCUT2D eigenvalue weighted by molar-refractivity contribution is 0.446. The van der Waals surface area contributed by atoms with Gasteiger partial charge in [-0.3, -0.25) is 0 Å². The third-order valence-corrected chi connectivity index (χ3v) is 7.78. The Kier molecular flexibility index (Phi) is 7.42. The first-order chi connectivity index (χ1) is 21.0. The zero-order valence-corrected chi connectivity index (χ0v) is 26.1. The Morgan fingerprint density at radius 2 is 1.30 bits per heavy atom. The normalized spacial score (nSPS) is 12.0. The number of ether oxygens (including phenoxy) is 1. The largest absolute Gasteiger partial charge is 0.507 e. The van der Waals surface area contributed by atoms with Crippen molar-refractivity contribution in [1.82, 2.24) is 15.0 Å². The van der Waals surface area contributed by atoms with Crippen molar-refractivity contribution < 1.29 is 9.84 Å². The van der Waals surface area contributed by atoms with Gasteiger partial charge in [0, 0.05) is 39.9 Å². The molecule has 44 heavy (non-hydrogen) atoms. The third-order valence-electron chi connectivity index (χ3n) is 7.78. The summed E-state index contributed by atoms with van der Waals surface area (Å²) in [5.41, 5.74) is 5.52. The van der Waals surface area contributed by atoms with Crippen molar-refractivity contribution in [3.8, 4) is 51.3 Å². The van der Waals surface area contributed by atoms with Crippen LogP contribution in [0.1, 0.15) is 52.7 Å². The van der Waals surface area contributed by atoms with Gasteiger partial charge in [0.05, 0.1) is 11.4 Å². The first kappa shape index (κ1) is 29.1. The molecule has 4 aromatic carbocycles. The van der Waals surface area contributed by atoms with Gasteiger partial charge in [-0.2, -0.15) is 0 Å². The average Bonchev–Trinajstić information content (AvgIpc) is 3.00. The number of rotatable bonds is 5. The molecule has 0 saturated heterocycles. The number of benzene rings is 4. The molecule has 0 fully saturated rings. The molecule has 1 N–H and O–H groups in total. The summed E-state index contributed by atoms with van der Waals surface area (Å²) in [4.78, 5) is 14.5. The number of hydrogen-bond donors (Lipinski definition) is 1. The van der Waals surface area contributed by atoms with Gasteiger partial charge in [-0.05, 0) is 46.0 Å². The van der Waals surface area contributed by atoms with Crippen molar-refractivity contribution in [2.75, 3.05) is 0 Å². The van der Waals surface area contributed by atoms with Crippen LogP contribution in [0.4, 0.5) is 0 Å². The summed E-state index contributed by atoms with van der Waals surface area (Å²) >= 11 is 0. The standard InChI is InChI=1S/C39H37N3O2/c1-38(2,3)29-21-31(36(43)32(22-29)39(4,5)6)34-23-33(25-13-8-7-9-14-25)41-37(42-34)27-17-12-18-30(19-27)44-35-20-26-15-10-11-16-28(26)24-40-35/h7-24,43H,1-6H3. The minimum Gasteiger partial charge on any atom is -0.507 e. The number of phenols is 1. The topological polar surface area (TPSA) is 68.1 Å². The molecule has 220 valence electrons. The van der Waals surface area contributed by atoms with Gasteiger partial charge in [-0.15, -0.1) is 0 Å². The third kappa shape index (κ3) is 6.04. The molecule has 0 bridgehead atoms. The number of aromatic hydroxyl groups is 1. The van der Waals surface area contributed by atoms with Gasteiger partial charge < -0.3 is 9.84 Å². The van der Waals surface area contributed by atoms with E-state index in [9.17, 15) is 5.11 Å². The van der Waals surface area contributed by atoms with E-state index < -0.39 is 0 Å². The Labute approximate surface area is 259 Å². The van der Waals surface area contributed by atoms with Crippen LogP contribution in [0.2, 0.25) is 0 Å². The van der Waals surface area contributed by atoms with E-state index in [1.807, 2.05) is 97.2 Å². The first-order valence-electron chi connectivity index (χ1n) is 14.9. The van der Waals surface area contributed by atoms with Gasteiger partial charge in [-0.25, -0.2) is 15.0 Å². The van der Waals surface area contributed by atoms with E-state index in [-0.39, 0.29) is 16.6 Å². The fraction of sp³-hybridized carbons (Fsp3) is 0.205. The van der Waals surface area contributed by atoms with Crippen LogP contribution in [-0.4, -0.2) is 20.1 Å². The van der Waals surface area contributed by atoms with Gasteiger partial charge in [0.25, 0.3) is 0 Å². The monoisotopic (exact) mass is 579 g/mol. The van der Waals surface area contributed by atoms with Gasteiger partial charge in [0.2, 0.25) is 5.88 Å². The maximum atomic E-state index is 11.7. The highest BCUT2D eigenvalue weighted by atomic mass is 16.5. The van der Waals surface area contributed by atoms with Crippen LogP contribution >= 0.6 is 0 Å². The molecular weight excluding hydrogens is 542 g/mol. The highest BCUT2D eigenvalue weighted by Crippen LogP contribution is 2.42. The molecule has 6 rings (SSSR count). The molecule has 2 aromatic heterocycles. The molecule has 5 nitrogen and oxygen atoms in total. The zero-order valence-electron chi connectivity index (χ0n) is 26.1. The molecule has 0 unspecified atom stereocenters. The predicted octanol–water partition coefficient (Wildman–Crippen LogP) is 10.1. The Bertz CT molecular complexity index is 1970. The highest BCUT2D eigenvalue weighted by Gasteiger charge is 2.26. The summed E-state index contributed by atoms with van der Waals surface area (Å²) in [6, 6.07) is 33.9. The second-order valence-corrected chi connectivity index (χ2v) is 13.2. The highest BCUT2D eigenvalue weighted by molar-refractivity contribution is 5.82. The number of fused-ring (bicyclic) bond motifs is 1. The summed E-state index contributed by atoms with van der Waals surface area (Å²) in [7, 11) is 0. The van der Waals surface area contributed by atoms with Gasteiger partial charge in [0.15, 0.2) is 5.82 Å². The molecular formula is C39H37N3O2. The number of pyridine rings is 1. The van der Waals surface area contributed by atoms with E-state index in [2.05, 4.69) is 58.7 Å². The van der Waals surface area contributed by atoms with Crippen LogP contribution in [-0.2, 0) is 10.8 Å². The first-order valence-corrected chi connectivity index (χ1v) is 14.9. The molecule has 0 aliphatic carbocycles. The Hall–Kier alpha value is -5.03. The molecule has 0 saturated carbocycles. The van der Waals surface area contributed by atoms with Crippen LogP contribution < -0.4 is 4.74 Å². The van der Waals surface area contributed by atoms with Crippen molar-refractivity contribution >= 4 is 10.8 Å². The second kappa shape index (κ2) is 11.2. The Morgan fingerprint density at radius 1 is 0.614 bits per heavy atom. The maximum Gasteiger partial charge on any atom is 0.219 e. The molecule has 6 aromatic rings. The molecule has 0 aliphatic heterocycles. The molecule has 0 amide bonds. The number of aromatic nitrogens is 3. The van der Waals surface area contributed by atoms with Gasteiger partial charge in [0.1, 0.15) is 11.5 Å². The van der Waals surface area contributed by atoms with Gasteiger partial charge in [-0.1, -0.05) is 114 Å². The second-order valence-electron chi connectivity index (χ2n) is 13.2. The minimum atomic E-state index is -0.263. The maximum absolute atomic E-state index is 11.7. The lowest BCUT2D eigenvalue weighted by atomic mass is 9.78. The number of nitrogens with zero attached hydrogens (tertiary/aromatic N) is 3. The fourth-order valence-electron chi connectivity index (χ4n) is 5.24. The lowest BCUT2D eigenvalue weighted by Crippen LogP contribution is -2.17. The van der Waals surface area contributed by atoms with Crippen molar-refractivity contribution in [3.05, 3.63) is 120 Å². The quantitative estimate of drug-likeness (QED) is 0.220. The van der Waals surface area contributed by atoms with Crippen LogP contribution in [0.3, 0.4) is 0 Å². The molecule has 0 aliphatic rings. The van der Waals surface area contributed by atoms with Crippen LogP contribution in [0.25, 0.3) is 44.7 Å². The predicted molar refractivity (Wildman–Crippen MR) is 179 cm³/mol. The van der Waals surface area contributed by atoms with E-state index in [1.165, 1.54) is 0 Å². The molecule has 0 spiro atoms. The summed E-state index contributed by atoms with van der Waals surface area (Å²) in [6.07, 6.45) is 1.82. The van der Waals surface area contributed by atoms with E-state index in [0.29, 0.717) is 28.7 Å². The fourth-order valence-corrected chi connectivity index (χ4v) is 5.24. The molecule has 0 atom stereocenters. The van der Waals surface area contributed by atoms with Gasteiger partial charge >= 0.3 is 0 Å². The Morgan fingerprint density at radius 3 is 2.02 bits per heavy atom. The number of hydrogen-bond acceptors (Lipinski definition) is 5. The summed E-state index contributed by atoms with van der Waals surface area (Å²) in [5.74, 6) is 1.93. The average molecular weight is 580 g/mol. The van der Waals surface area contributed by atoms with E-state index in [4.69, 9.17) is 14.7 Å². The van der Waals surface area contributed by atoms with Crippen molar-refractivity contribution in [3.63, 3.8) is 0 Å². The smallest absolute Gasteiger partial charge is 0.219 e. The lowest BCUT2D eigenvalue weighted by Gasteiger charge is -2.27. The van der Waals surface area contributed by atoms with E-state index in [0.717, 1.165) is 38.7 Å². The zero-order chi connectivity index (χ0) is 31.1. The molecule has 5 heteroatoms. The molecule has 0 radical (unpaired) electrons. The minimum absolute atomic E-state index is 0.122. The summed E-state index contributed by atoms with van der Waals surface area (Å²) in [6.45, 7) is 12.9. The number of phenolic OH excluding ortho intramolecular Hbond substituents is 1.